The number of rotatable bonds is 4. The topological polar surface area (TPSA) is 75.9 Å². The number of amides is 2. The summed E-state index contributed by atoms with van der Waals surface area (Å²) in [4.78, 5) is 27.9. The maximum absolute atomic E-state index is 12.4. The quantitative estimate of drug-likeness (QED) is 0.859. The van der Waals surface area contributed by atoms with Crippen molar-refractivity contribution in [3.8, 4) is 0 Å². The highest BCUT2D eigenvalue weighted by Gasteiger charge is 2.34. The first-order valence-electron chi connectivity index (χ1n) is 8.03. The van der Waals surface area contributed by atoms with E-state index in [9.17, 15) is 9.59 Å². The lowest BCUT2D eigenvalue weighted by Gasteiger charge is -2.32. The van der Waals surface area contributed by atoms with E-state index >= 15 is 0 Å². The Morgan fingerprint density at radius 2 is 1.95 bits per heavy atom. The maximum atomic E-state index is 12.4. The minimum Gasteiger partial charge on any atom is -0.444 e. The van der Waals surface area contributed by atoms with E-state index < -0.39 is 11.6 Å². The first-order valence-corrected chi connectivity index (χ1v) is 8.03. The molecular weight excluding hydrogens is 282 g/mol. The molecule has 2 atom stereocenters. The van der Waals surface area contributed by atoms with Crippen molar-refractivity contribution in [2.45, 2.75) is 65.1 Å². The van der Waals surface area contributed by atoms with Crippen molar-refractivity contribution < 1.29 is 14.3 Å². The van der Waals surface area contributed by atoms with Crippen LogP contribution in [0.15, 0.2) is 0 Å². The molecule has 1 fully saturated rings. The zero-order chi connectivity index (χ0) is 17.1. The molecule has 1 saturated heterocycles. The second-order valence-electron chi connectivity index (χ2n) is 7.46. The van der Waals surface area contributed by atoms with Crippen LogP contribution in [-0.2, 0) is 9.53 Å². The third-order valence-corrected chi connectivity index (χ3v) is 3.85. The van der Waals surface area contributed by atoms with Gasteiger partial charge in [0.2, 0.25) is 5.91 Å². The molecule has 0 aromatic carbocycles. The van der Waals surface area contributed by atoms with E-state index in [0.29, 0.717) is 13.1 Å². The Morgan fingerprint density at radius 1 is 1.36 bits per heavy atom. The number of hydrogen-bond donors (Lipinski definition) is 1. The Bertz CT molecular complexity index is 404. The highest BCUT2D eigenvalue weighted by atomic mass is 16.6. The summed E-state index contributed by atoms with van der Waals surface area (Å²) in [5.41, 5.74) is 5.46. The molecular formula is C16H31N3O3. The van der Waals surface area contributed by atoms with Crippen LogP contribution in [0.2, 0.25) is 0 Å². The van der Waals surface area contributed by atoms with Crippen LogP contribution >= 0.6 is 0 Å². The van der Waals surface area contributed by atoms with Crippen LogP contribution in [0, 0.1) is 5.92 Å². The molecule has 0 unspecified atom stereocenters. The summed E-state index contributed by atoms with van der Waals surface area (Å²) in [6.45, 7) is 10.6. The highest BCUT2D eigenvalue weighted by molar-refractivity contribution is 5.82. The number of ether oxygens (including phenoxy) is 1. The number of nitrogens with two attached hydrogens (primary N) is 1. The number of hydrogen-bond acceptors (Lipinski definition) is 4. The van der Waals surface area contributed by atoms with Gasteiger partial charge in [-0.25, -0.2) is 4.79 Å². The Labute approximate surface area is 134 Å². The van der Waals surface area contributed by atoms with Crippen molar-refractivity contribution >= 4 is 12.0 Å². The highest BCUT2D eigenvalue weighted by Crippen LogP contribution is 2.21. The molecule has 0 radical (unpaired) electrons. The van der Waals surface area contributed by atoms with Crippen LogP contribution in [0.3, 0.4) is 0 Å². The molecule has 2 N–H and O–H groups in total. The Balaban J connectivity index is 2.64. The fourth-order valence-electron chi connectivity index (χ4n) is 2.52. The number of likely N-dealkylation sites (tertiary alicyclic amines) is 1. The Hall–Kier alpha value is -1.30. The summed E-state index contributed by atoms with van der Waals surface area (Å²) in [5.74, 6) is 0.0902. The average Bonchev–Trinajstić information content (AvgIpc) is 2.82. The fraction of sp³-hybridized carbons (Fsp3) is 0.875. The molecule has 1 rings (SSSR count). The molecule has 0 bridgehead atoms. The van der Waals surface area contributed by atoms with Gasteiger partial charge in [0, 0.05) is 26.2 Å². The molecule has 1 heterocycles. The third-order valence-electron chi connectivity index (χ3n) is 3.85. The van der Waals surface area contributed by atoms with Crippen LogP contribution in [0.4, 0.5) is 4.79 Å². The lowest BCUT2D eigenvalue weighted by molar-refractivity contribution is -0.134. The number of carbonyl (C=O) groups is 2. The van der Waals surface area contributed by atoms with E-state index in [-0.39, 0.29) is 24.0 Å². The van der Waals surface area contributed by atoms with Crippen molar-refractivity contribution in [2.75, 3.05) is 20.1 Å². The van der Waals surface area contributed by atoms with Crippen LogP contribution in [0.5, 0.6) is 0 Å². The zero-order valence-corrected chi connectivity index (χ0v) is 14.8. The second-order valence-corrected chi connectivity index (χ2v) is 7.46. The van der Waals surface area contributed by atoms with Crippen LogP contribution in [0.25, 0.3) is 0 Å². The second kappa shape index (κ2) is 7.31. The molecule has 22 heavy (non-hydrogen) atoms. The van der Waals surface area contributed by atoms with Gasteiger partial charge in [-0.05, 0) is 39.5 Å². The maximum Gasteiger partial charge on any atom is 0.410 e. The predicted octanol–water partition coefficient (Wildman–Crippen LogP) is 1.83. The zero-order valence-electron chi connectivity index (χ0n) is 14.8. The van der Waals surface area contributed by atoms with Crippen LogP contribution < -0.4 is 5.73 Å². The molecule has 0 aromatic heterocycles. The number of nitrogens with zero attached hydrogens (tertiary/aromatic N) is 2. The fourth-order valence-corrected chi connectivity index (χ4v) is 2.52. The molecule has 0 saturated carbocycles. The van der Waals surface area contributed by atoms with Crippen molar-refractivity contribution in [3.05, 3.63) is 0 Å². The first kappa shape index (κ1) is 18.7. The normalized spacial score (nSPS) is 20.2. The molecule has 128 valence electrons. The van der Waals surface area contributed by atoms with Gasteiger partial charge in [-0.15, -0.1) is 0 Å². The summed E-state index contributed by atoms with van der Waals surface area (Å²) >= 11 is 0. The standard InChI is InChI=1S/C16H31N3O3/c1-11(2)13(17)14(20)19-9-7-8-12(19)10-18(6)15(21)22-16(3,4)5/h11-13H,7-10,17H2,1-6H3/t12-,13-/m0/s1. The molecule has 0 aliphatic carbocycles. The summed E-state index contributed by atoms with van der Waals surface area (Å²) in [6, 6.07) is -0.456. The van der Waals surface area contributed by atoms with Gasteiger partial charge in [0.25, 0.3) is 0 Å². The first-order chi connectivity index (χ1) is 10.0. The van der Waals surface area contributed by atoms with E-state index in [1.165, 1.54) is 0 Å². The summed E-state index contributed by atoms with van der Waals surface area (Å²) in [5, 5.41) is 0. The molecule has 6 nitrogen and oxygen atoms in total. The van der Waals surface area contributed by atoms with Gasteiger partial charge in [0.05, 0.1) is 6.04 Å². The summed E-state index contributed by atoms with van der Waals surface area (Å²) in [7, 11) is 1.71. The average molecular weight is 313 g/mol. The minimum atomic E-state index is -0.517. The van der Waals surface area contributed by atoms with E-state index in [1.807, 2.05) is 39.5 Å². The van der Waals surface area contributed by atoms with E-state index in [1.54, 1.807) is 11.9 Å². The van der Waals surface area contributed by atoms with Gasteiger partial charge in [-0.3, -0.25) is 4.79 Å². The van der Waals surface area contributed by atoms with Gasteiger partial charge >= 0.3 is 6.09 Å². The largest absolute Gasteiger partial charge is 0.444 e. The van der Waals surface area contributed by atoms with Gasteiger partial charge < -0.3 is 20.3 Å². The van der Waals surface area contributed by atoms with Crippen LogP contribution in [-0.4, -0.2) is 59.6 Å². The Kier molecular flexibility index (Phi) is 6.23. The van der Waals surface area contributed by atoms with Gasteiger partial charge in [0.15, 0.2) is 0 Å². The van der Waals surface area contributed by atoms with Gasteiger partial charge in [-0.2, -0.15) is 0 Å². The molecule has 6 heteroatoms. The minimum absolute atomic E-state index is 0.0184. The van der Waals surface area contributed by atoms with Crippen LogP contribution in [0.1, 0.15) is 47.5 Å². The van der Waals surface area contributed by atoms with Crippen molar-refractivity contribution in [2.24, 2.45) is 11.7 Å². The number of carbonyl (C=O) groups excluding carboxylic acids is 2. The van der Waals surface area contributed by atoms with E-state index in [4.69, 9.17) is 10.5 Å². The molecule has 2 amide bonds. The van der Waals surface area contributed by atoms with Gasteiger partial charge in [0.1, 0.15) is 5.60 Å². The van der Waals surface area contributed by atoms with Crippen molar-refractivity contribution in [3.63, 3.8) is 0 Å². The molecule has 1 aliphatic heterocycles. The molecule has 0 aromatic rings. The van der Waals surface area contributed by atoms with E-state index in [2.05, 4.69) is 0 Å². The molecule has 1 aliphatic rings. The predicted molar refractivity (Wildman–Crippen MR) is 86.4 cm³/mol. The number of likely N-dealkylation sites (N-methyl/N-ethyl adjacent to an activating group) is 1. The lowest BCUT2D eigenvalue weighted by atomic mass is 10.0. The van der Waals surface area contributed by atoms with Crippen molar-refractivity contribution in [1.29, 1.82) is 0 Å². The SMILES string of the molecule is CC(C)[C@H](N)C(=O)N1CCC[C@H]1CN(C)C(=O)OC(C)(C)C. The van der Waals surface area contributed by atoms with E-state index in [0.717, 1.165) is 12.8 Å². The summed E-state index contributed by atoms with van der Waals surface area (Å²) in [6.07, 6.45) is 1.48. The lowest BCUT2D eigenvalue weighted by Crippen LogP contribution is -2.51. The monoisotopic (exact) mass is 313 g/mol. The smallest absolute Gasteiger partial charge is 0.410 e. The van der Waals surface area contributed by atoms with Crippen molar-refractivity contribution in [1.82, 2.24) is 9.80 Å². The van der Waals surface area contributed by atoms with Gasteiger partial charge in [-0.1, -0.05) is 13.8 Å². The third kappa shape index (κ3) is 5.16. The molecule has 0 spiro atoms. The Morgan fingerprint density at radius 3 is 2.45 bits per heavy atom. The summed E-state index contributed by atoms with van der Waals surface area (Å²) < 4.78 is 5.35.